The van der Waals surface area contributed by atoms with E-state index in [1.807, 2.05) is 24.3 Å². The van der Waals surface area contributed by atoms with Crippen molar-refractivity contribution in [2.75, 3.05) is 6.54 Å². The van der Waals surface area contributed by atoms with Crippen molar-refractivity contribution in [2.24, 2.45) is 11.7 Å². The molecule has 9 nitrogen and oxygen atoms in total. The lowest BCUT2D eigenvalue weighted by molar-refractivity contribution is -0.128. The van der Waals surface area contributed by atoms with Gasteiger partial charge in [-0.2, -0.15) is 0 Å². The van der Waals surface area contributed by atoms with Crippen LogP contribution >= 0.6 is 0 Å². The number of benzene rings is 2. The van der Waals surface area contributed by atoms with Crippen LogP contribution < -0.4 is 5.73 Å². The highest BCUT2D eigenvalue weighted by Gasteiger charge is 2.58. The van der Waals surface area contributed by atoms with Crippen LogP contribution in [0.25, 0.3) is 10.9 Å². The molecule has 2 fully saturated rings. The van der Waals surface area contributed by atoms with Gasteiger partial charge in [0.15, 0.2) is 0 Å². The lowest BCUT2D eigenvalue weighted by Gasteiger charge is -2.27. The summed E-state index contributed by atoms with van der Waals surface area (Å²) in [7, 11) is -4.07. The summed E-state index contributed by atoms with van der Waals surface area (Å²) < 4.78 is 28.2. The quantitative estimate of drug-likeness (QED) is 0.244. The number of fused-ring (bicyclic) bond motifs is 2. The largest absolute Gasteiger partial charge is 0.388 e. The molecule has 2 saturated heterocycles. The highest BCUT2D eigenvalue weighted by atomic mass is 32.2. The molecule has 2 aromatic carbocycles. The van der Waals surface area contributed by atoms with Crippen LogP contribution in [0.1, 0.15) is 42.6 Å². The highest BCUT2D eigenvalue weighted by molar-refractivity contribution is 7.89. The summed E-state index contributed by atoms with van der Waals surface area (Å²) >= 11 is 0. The number of aromatic nitrogens is 1. The lowest BCUT2D eigenvalue weighted by atomic mass is 9.92. The molecule has 5 rings (SSSR count). The lowest BCUT2D eigenvalue weighted by Crippen LogP contribution is -2.43. The summed E-state index contributed by atoms with van der Waals surface area (Å²) in [6.45, 7) is 0.363. The van der Waals surface area contributed by atoms with Crippen LogP contribution in [0, 0.1) is 11.3 Å². The molecule has 0 aliphatic carbocycles. The number of hydrogen-bond acceptors (Lipinski definition) is 5. The molecule has 188 valence electrons. The molecule has 4 N–H and O–H groups in total. The van der Waals surface area contributed by atoms with Crippen LogP contribution in [0.15, 0.2) is 65.6 Å². The molecule has 36 heavy (non-hydrogen) atoms. The number of sulfonamides is 1. The smallest absolute Gasteiger partial charge is 0.270 e. The van der Waals surface area contributed by atoms with E-state index in [1.165, 1.54) is 12.1 Å². The Morgan fingerprint density at radius 1 is 1.08 bits per heavy atom. The molecule has 0 unspecified atom stereocenters. The molecule has 3 atom stereocenters. The summed E-state index contributed by atoms with van der Waals surface area (Å²) in [5.74, 6) is -1.27. The fourth-order valence-corrected chi connectivity index (χ4v) is 7.26. The van der Waals surface area contributed by atoms with E-state index >= 15 is 0 Å². The number of H-pyrrole nitrogens is 1. The van der Waals surface area contributed by atoms with Crippen molar-refractivity contribution >= 4 is 38.6 Å². The van der Waals surface area contributed by atoms with Gasteiger partial charge >= 0.3 is 0 Å². The fourth-order valence-electron chi connectivity index (χ4n) is 5.57. The molecule has 2 amide bonds. The second-order valence-electron chi connectivity index (χ2n) is 9.45. The average Bonchev–Trinajstić information content (AvgIpc) is 3.55. The Bertz CT molecular complexity index is 1390. The number of nitrogens with zero attached hydrogens (tertiary/aromatic N) is 2. The minimum atomic E-state index is -4.07. The van der Waals surface area contributed by atoms with Crippen LogP contribution in [-0.2, 0) is 14.8 Å². The molecular formula is C26H29N5O4S. The summed E-state index contributed by atoms with van der Waals surface area (Å²) in [5, 5.41) is 8.36. The average molecular weight is 508 g/mol. The number of carbonyl (C=O) groups excluding carboxylic acids is 2. The third kappa shape index (κ3) is 4.15. The van der Waals surface area contributed by atoms with Gasteiger partial charge < -0.3 is 15.6 Å². The van der Waals surface area contributed by atoms with Crippen LogP contribution in [0.4, 0.5) is 0 Å². The van der Waals surface area contributed by atoms with Crippen molar-refractivity contribution in [3.05, 3.63) is 66.4 Å². The number of carbonyl (C=O) groups is 2. The summed E-state index contributed by atoms with van der Waals surface area (Å²) in [6.07, 6.45) is 2.45. The van der Waals surface area contributed by atoms with Gasteiger partial charge in [0.25, 0.3) is 15.9 Å². The van der Waals surface area contributed by atoms with Crippen LogP contribution in [0.5, 0.6) is 0 Å². The number of rotatable bonds is 8. The number of aromatic amines is 1. The Balaban J connectivity index is 1.47. The van der Waals surface area contributed by atoms with E-state index in [0.717, 1.165) is 15.2 Å². The Hall–Kier alpha value is -3.66. The fraction of sp³-hybridized carbons (Fsp3) is 0.346. The number of amides is 2. The van der Waals surface area contributed by atoms with Gasteiger partial charge in [-0.3, -0.25) is 15.0 Å². The second kappa shape index (κ2) is 9.42. The zero-order valence-electron chi connectivity index (χ0n) is 19.8. The van der Waals surface area contributed by atoms with Crippen molar-refractivity contribution < 1.29 is 18.0 Å². The number of unbranched alkanes of at least 4 members (excludes halogenated alkanes) is 1. The van der Waals surface area contributed by atoms with E-state index in [9.17, 15) is 18.0 Å². The minimum Gasteiger partial charge on any atom is -0.388 e. The molecule has 2 aliphatic rings. The molecule has 1 aromatic heterocycles. The van der Waals surface area contributed by atoms with E-state index in [1.54, 1.807) is 29.2 Å². The van der Waals surface area contributed by atoms with Gasteiger partial charge in [-0.05, 0) is 43.5 Å². The summed E-state index contributed by atoms with van der Waals surface area (Å²) in [5.41, 5.74) is 6.73. The molecular weight excluding hydrogens is 478 g/mol. The zero-order valence-corrected chi connectivity index (χ0v) is 20.6. The van der Waals surface area contributed by atoms with Crippen LogP contribution in [0.3, 0.4) is 0 Å². The minimum absolute atomic E-state index is 0.0646. The van der Waals surface area contributed by atoms with E-state index in [-0.39, 0.29) is 16.6 Å². The highest BCUT2D eigenvalue weighted by Crippen LogP contribution is 2.42. The maximum Gasteiger partial charge on any atom is 0.270 e. The number of nitrogens with one attached hydrogen (secondary N) is 2. The Labute approximate surface area is 209 Å². The first-order valence-corrected chi connectivity index (χ1v) is 13.6. The van der Waals surface area contributed by atoms with Crippen LogP contribution in [0.2, 0.25) is 0 Å². The van der Waals surface area contributed by atoms with Crippen molar-refractivity contribution in [3.63, 3.8) is 0 Å². The van der Waals surface area contributed by atoms with E-state index in [0.29, 0.717) is 44.3 Å². The SMILES string of the molecule is N=C(N)CCCC[C@H]1C(=O)N(S(=O)(=O)c2ccccc2)[C@H]2CCN(C(=O)c3cc4ccccc4[nH]3)[C@H]12. The molecule has 0 radical (unpaired) electrons. The van der Waals surface area contributed by atoms with Gasteiger partial charge in [0, 0.05) is 23.9 Å². The first-order valence-electron chi connectivity index (χ1n) is 12.1. The van der Waals surface area contributed by atoms with Gasteiger partial charge in [-0.15, -0.1) is 0 Å². The van der Waals surface area contributed by atoms with Crippen molar-refractivity contribution in [1.29, 1.82) is 5.41 Å². The zero-order chi connectivity index (χ0) is 25.4. The Kier molecular flexibility index (Phi) is 6.29. The van der Waals surface area contributed by atoms with Crippen LogP contribution in [-0.4, -0.2) is 58.9 Å². The third-order valence-corrected chi connectivity index (χ3v) is 9.04. The monoisotopic (exact) mass is 507 g/mol. The molecule has 0 spiro atoms. The molecule has 2 aliphatic heterocycles. The summed E-state index contributed by atoms with van der Waals surface area (Å²) in [4.78, 5) is 32.2. The molecule has 10 heteroatoms. The number of likely N-dealkylation sites (tertiary alicyclic amines) is 1. The van der Waals surface area contributed by atoms with Crippen molar-refractivity contribution in [2.45, 2.75) is 49.1 Å². The summed E-state index contributed by atoms with van der Waals surface area (Å²) in [6, 6.07) is 16.2. The van der Waals surface area contributed by atoms with E-state index in [2.05, 4.69) is 4.98 Å². The number of amidine groups is 1. The molecule has 3 heterocycles. The van der Waals surface area contributed by atoms with Crippen molar-refractivity contribution in [1.82, 2.24) is 14.2 Å². The number of nitrogens with two attached hydrogens (primary N) is 1. The van der Waals surface area contributed by atoms with Gasteiger partial charge in [0.1, 0.15) is 5.69 Å². The maximum atomic E-state index is 13.6. The Morgan fingerprint density at radius 2 is 1.81 bits per heavy atom. The predicted octanol–water partition coefficient (Wildman–Crippen LogP) is 3.09. The van der Waals surface area contributed by atoms with Gasteiger partial charge in [-0.25, -0.2) is 12.7 Å². The first kappa shape index (κ1) is 24.1. The first-order chi connectivity index (χ1) is 17.3. The van der Waals surface area contributed by atoms with Gasteiger partial charge in [0.2, 0.25) is 5.91 Å². The molecule has 0 saturated carbocycles. The molecule has 3 aromatic rings. The van der Waals surface area contributed by atoms with E-state index in [4.69, 9.17) is 11.1 Å². The number of hydrogen-bond donors (Lipinski definition) is 3. The second-order valence-corrected chi connectivity index (χ2v) is 11.3. The van der Waals surface area contributed by atoms with Gasteiger partial charge in [0.05, 0.1) is 28.7 Å². The standard InChI is InChI=1S/C26H29N5O4S/c27-23(28)13-7-5-11-19-24-22(31(25(19)32)36(34,35)18-9-2-1-3-10-18)14-15-30(24)26(33)21-16-17-8-4-6-12-20(17)29-21/h1-4,6,8-10,12,16,19,22,24,29H,5,7,11,13-15H2,(H3,27,28)/t19-,22+,24-/m1/s1. The topological polar surface area (TPSA) is 140 Å². The number of para-hydroxylation sites is 1. The van der Waals surface area contributed by atoms with E-state index < -0.39 is 33.9 Å². The maximum absolute atomic E-state index is 13.6. The van der Waals surface area contributed by atoms with Crippen molar-refractivity contribution in [3.8, 4) is 0 Å². The molecule has 0 bridgehead atoms. The van der Waals surface area contributed by atoms with Gasteiger partial charge in [-0.1, -0.05) is 42.8 Å². The Morgan fingerprint density at radius 3 is 2.53 bits per heavy atom. The predicted molar refractivity (Wildman–Crippen MR) is 136 cm³/mol. The third-order valence-electron chi connectivity index (χ3n) is 7.20. The normalized spacial score (nSPS) is 21.8.